The van der Waals surface area contributed by atoms with Crippen molar-refractivity contribution in [2.75, 3.05) is 31.5 Å². The predicted octanol–water partition coefficient (Wildman–Crippen LogP) is 4.24. The van der Waals surface area contributed by atoms with Crippen molar-refractivity contribution < 1.29 is 18.1 Å². The van der Waals surface area contributed by atoms with Crippen LogP contribution >= 0.6 is 0 Å². The summed E-state index contributed by atoms with van der Waals surface area (Å²) in [5.41, 5.74) is 0.921. The molecule has 1 aliphatic rings. The Hall–Kier alpha value is -2.98. The summed E-state index contributed by atoms with van der Waals surface area (Å²) in [5.74, 6) is 0.380. The van der Waals surface area contributed by atoms with Crippen molar-refractivity contribution in [1.82, 2.24) is 9.21 Å². The van der Waals surface area contributed by atoms with Crippen molar-refractivity contribution in [3.05, 3.63) is 58.1 Å². The first-order chi connectivity index (χ1) is 15.7. The number of benzene rings is 2. The van der Waals surface area contributed by atoms with Crippen LogP contribution in [-0.2, 0) is 10.0 Å². The van der Waals surface area contributed by atoms with E-state index in [1.54, 1.807) is 29.2 Å². The Balaban J connectivity index is 1.83. The monoisotopic (exact) mass is 474 g/mol. The first-order valence-electron chi connectivity index (χ1n) is 11.1. The SMILES string of the molecule is CCN(CC)C(=O)c1ccc(Nc2ccc(S(=O)(=O)N3CCC(C)CC3)cc2[N+](=O)[O-])cc1. The molecule has 1 aliphatic heterocycles. The zero-order valence-electron chi connectivity index (χ0n) is 19.2. The summed E-state index contributed by atoms with van der Waals surface area (Å²) in [7, 11) is -3.80. The number of anilines is 2. The van der Waals surface area contributed by atoms with Crippen molar-refractivity contribution in [1.29, 1.82) is 0 Å². The molecule has 0 unspecified atom stereocenters. The number of amides is 1. The fourth-order valence-electron chi connectivity index (χ4n) is 3.85. The highest BCUT2D eigenvalue weighted by molar-refractivity contribution is 7.89. The highest BCUT2D eigenvalue weighted by Gasteiger charge is 2.30. The molecule has 9 nitrogen and oxygen atoms in total. The molecule has 0 bridgehead atoms. The van der Waals surface area contributed by atoms with Crippen LogP contribution < -0.4 is 5.32 Å². The average molecular weight is 475 g/mol. The highest BCUT2D eigenvalue weighted by atomic mass is 32.2. The molecule has 178 valence electrons. The molecule has 2 aromatic rings. The fourth-order valence-corrected chi connectivity index (χ4v) is 5.34. The van der Waals surface area contributed by atoms with E-state index in [1.807, 2.05) is 13.8 Å². The van der Waals surface area contributed by atoms with Gasteiger partial charge in [0.2, 0.25) is 10.0 Å². The quantitative estimate of drug-likeness (QED) is 0.452. The van der Waals surface area contributed by atoms with Crippen LogP contribution in [0.4, 0.5) is 17.1 Å². The number of hydrogen-bond donors (Lipinski definition) is 1. The third-order valence-electron chi connectivity index (χ3n) is 6.01. The molecular formula is C23H30N4O5S. The Bertz CT molecular complexity index is 1110. The maximum Gasteiger partial charge on any atom is 0.294 e. The van der Waals surface area contributed by atoms with Gasteiger partial charge >= 0.3 is 0 Å². The first kappa shape index (κ1) is 24.7. The maximum atomic E-state index is 13.0. The van der Waals surface area contributed by atoms with Gasteiger partial charge in [0.1, 0.15) is 5.69 Å². The highest BCUT2D eigenvalue weighted by Crippen LogP contribution is 2.32. The van der Waals surface area contributed by atoms with Gasteiger partial charge in [-0.1, -0.05) is 6.92 Å². The molecule has 0 saturated carbocycles. The van der Waals surface area contributed by atoms with E-state index in [0.717, 1.165) is 18.9 Å². The molecular weight excluding hydrogens is 444 g/mol. The largest absolute Gasteiger partial charge is 0.350 e. The van der Waals surface area contributed by atoms with Gasteiger partial charge in [0.25, 0.3) is 11.6 Å². The Morgan fingerprint density at radius 2 is 1.73 bits per heavy atom. The lowest BCUT2D eigenvalue weighted by atomic mass is 10.0. The Morgan fingerprint density at radius 1 is 1.12 bits per heavy atom. The van der Waals surface area contributed by atoms with Gasteiger partial charge in [-0.25, -0.2) is 8.42 Å². The lowest BCUT2D eigenvalue weighted by Crippen LogP contribution is -2.37. The summed E-state index contributed by atoms with van der Waals surface area (Å²) in [6.45, 7) is 7.94. The van der Waals surface area contributed by atoms with E-state index in [1.165, 1.54) is 16.4 Å². The minimum Gasteiger partial charge on any atom is -0.350 e. The number of nitro benzene ring substituents is 1. The van der Waals surface area contributed by atoms with E-state index < -0.39 is 14.9 Å². The molecule has 1 heterocycles. The van der Waals surface area contributed by atoms with Gasteiger partial charge < -0.3 is 10.2 Å². The second kappa shape index (κ2) is 10.3. The summed E-state index contributed by atoms with van der Waals surface area (Å²) in [6, 6.07) is 10.6. The molecule has 0 radical (unpaired) electrons. The molecule has 33 heavy (non-hydrogen) atoms. The van der Waals surface area contributed by atoms with Gasteiger partial charge in [0, 0.05) is 43.5 Å². The van der Waals surface area contributed by atoms with Crippen LogP contribution in [-0.4, -0.2) is 54.6 Å². The topological polar surface area (TPSA) is 113 Å². The molecule has 3 rings (SSSR count). The molecule has 2 aromatic carbocycles. The van der Waals surface area contributed by atoms with E-state index in [2.05, 4.69) is 12.2 Å². The van der Waals surface area contributed by atoms with E-state index >= 15 is 0 Å². The molecule has 1 saturated heterocycles. The van der Waals surface area contributed by atoms with Crippen molar-refractivity contribution in [2.24, 2.45) is 5.92 Å². The minimum absolute atomic E-state index is 0.0841. The van der Waals surface area contributed by atoms with Gasteiger partial charge in [0.05, 0.1) is 9.82 Å². The van der Waals surface area contributed by atoms with E-state index in [-0.39, 0.29) is 22.2 Å². The van der Waals surface area contributed by atoms with Crippen LogP contribution in [0.15, 0.2) is 47.4 Å². The summed E-state index contributed by atoms with van der Waals surface area (Å²) in [5, 5.41) is 14.7. The van der Waals surface area contributed by atoms with Gasteiger partial charge in [-0.05, 0) is 69.0 Å². The third kappa shape index (κ3) is 5.51. The number of nitrogens with one attached hydrogen (secondary N) is 1. The number of hydrogen-bond acceptors (Lipinski definition) is 6. The average Bonchev–Trinajstić information content (AvgIpc) is 2.80. The van der Waals surface area contributed by atoms with Gasteiger partial charge in [-0.2, -0.15) is 4.31 Å². The number of nitrogens with zero attached hydrogens (tertiary/aromatic N) is 3. The number of carbonyl (C=O) groups is 1. The second-order valence-corrected chi connectivity index (χ2v) is 10.1. The Kier molecular flexibility index (Phi) is 7.70. The standard InChI is InChI=1S/C23H30N4O5S/c1-4-25(5-2)23(28)18-6-8-19(9-7-18)24-21-11-10-20(16-22(21)27(29)30)33(31,32)26-14-12-17(3)13-15-26/h6-11,16-17,24H,4-5,12-15H2,1-3H3. The van der Waals surface area contributed by atoms with Crippen molar-refractivity contribution in [2.45, 2.75) is 38.5 Å². The van der Waals surface area contributed by atoms with Crippen molar-refractivity contribution >= 4 is 33.0 Å². The maximum absolute atomic E-state index is 13.0. The summed E-state index contributed by atoms with van der Waals surface area (Å²) in [4.78, 5) is 25.2. The number of carbonyl (C=O) groups excluding carboxylic acids is 1. The predicted molar refractivity (Wildman–Crippen MR) is 127 cm³/mol. The fraction of sp³-hybridized carbons (Fsp3) is 0.435. The summed E-state index contributed by atoms with van der Waals surface area (Å²) in [6.07, 6.45) is 1.54. The lowest BCUT2D eigenvalue weighted by Gasteiger charge is -2.29. The lowest BCUT2D eigenvalue weighted by molar-refractivity contribution is -0.384. The van der Waals surface area contributed by atoms with Crippen LogP contribution in [0.25, 0.3) is 0 Å². The zero-order valence-corrected chi connectivity index (χ0v) is 20.0. The number of sulfonamides is 1. The molecule has 0 atom stereocenters. The molecule has 10 heteroatoms. The van der Waals surface area contributed by atoms with Crippen LogP contribution in [0.2, 0.25) is 0 Å². The molecule has 0 aliphatic carbocycles. The van der Waals surface area contributed by atoms with E-state index in [9.17, 15) is 23.3 Å². The molecule has 0 aromatic heterocycles. The molecule has 1 fully saturated rings. The van der Waals surface area contributed by atoms with Crippen LogP contribution in [0, 0.1) is 16.0 Å². The van der Waals surface area contributed by atoms with Crippen LogP contribution in [0.3, 0.4) is 0 Å². The normalized spacial score (nSPS) is 15.2. The van der Waals surface area contributed by atoms with Crippen molar-refractivity contribution in [3.8, 4) is 0 Å². The zero-order chi connectivity index (χ0) is 24.2. The summed E-state index contributed by atoms with van der Waals surface area (Å²) < 4.78 is 27.4. The number of rotatable bonds is 8. The smallest absolute Gasteiger partial charge is 0.294 e. The van der Waals surface area contributed by atoms with Gasteiger partial charge in [0.15, 0.2) is 0 Å². The molecule has 0 spiro atoms. The first-order valence-corrected chi connectivity index (χ1v) is 12.6. The number of piperidine rings is 1. The molecule has 1 N–H and O–H groups in total. The third-order valence-corrected chi connectivity index (χ3v) is 7.90. The second-order valence-electron chi connectivity index (χ2n) is 8.20. The Labute approximate surface area is 194 Å². The van der Waals surface area contributed by atoms with E-state index in [4.69, 9.17) is 0 Å². The minimum atomic E-state index is -3.80. The summed E-state index contributed by atoms with van der Waals surface area (Å²) >= 11 is 0. The van der Waals surface area contributed by atoms with Crippen molar-refractivity contribution in [3.63, 3.8) is 0 Å². The Morgan fingerprint density at radius 3 is 2.27 bits per heavy atom. The molecule has 1 amide bonds. The van der Waals surface area contributed by atoms with Crippen LogP contribution in [0.1, 0.15) is 44.0 Å². The number of nitro groups is 1. The van der Waals surface area contributed by atoms with Gasteiger partial charge in [-0.3, -0.25) is 14.9 Å². The van der Waals surface area contributed by atoms with Crippen LogP contribution in [0.5, 0.6) is 0 Å². The van der Waals surface area contributed by atoms with E-state index in [0.29, 0.717) is 43.3 Å². The van der Waals surface area contributed by atoms with Gasteiger partial charge in [-0.15, -0.1) is 0 Å².